The van der Waals surface area contributed by atoms with Crippen molar-refractivity contribution in [2.45, 2.75) is 71.5 Å². The average Bonchev–Trinajstić information content (AvgIpc) is 2.87. The second-order valence-corrected chi connectivity index (χ2v) is 12.1. The van der Waals surface area contributed by atoms with Gasteiger partial charge in [0.25, 0.3) is 10.0 Å². The molecule has 0 radical (unpaired) electrons. The highest BCUT2D eigenvalue weighted by atomic mass is 32.2. The number of carbonyl (C=O) groups excluding carboxylic acids is 2. The minimum Gasteiger partial charge on any atom is -0.352 e. The zero-order valence-corrected chi connectivity index (χ0v) is 24.5. The van der Waals surface area contributed by atoms with Crippen molar-refractivity contribution in [3.05, 3.63) is 95.1 Å². The lowest BCUT2D eigenvalue weighted by Gasteiger charge is -2.34. The fourth-order valence-electron chi connectivity index (χ4n) is 4.42. The molecule has 0 aromatic heterocycles. The van der Waals surface area contributed by atoms with Gasteiger partial charge in [0.05, 0.1) is 10.6 Å². The van der Waals surface area contributed by atoms with Crippen LogP contribution in [0.3, 0.4) is 0 Å². The summed E-state index contributed by atoms with van der Waals surface area (Å²) in [6.07, 6.45) is 0.380. The summed E-state index contributed by atoms with van der Waals surface area (Å²) in [6, 6.07) is 20.4. The second kappa shape index (κ2) is 12.9. The molecule has 0 heterocycles. The van der Waals surface area contributed by atoms with Crippen LogP contribution in [-0.2, 0) is 26.2 Å². The monoisotopic (exact) mass is 549 g/mol. The average molecular weight is 550 g/mol. The molecule has 0 aliphatic carbocycles. The summed E-state index contributed by atoms with van der Waals surface area (Å²) >= 11 is 0. The Balaban J connectivity index is 2.08. The van der Waals surface area contributed by atoms with Crippen molar-refractivity contribution in [1.82, 2.24) is 10.2 Å². The number of amides is 2. The second-order valence-electron chi connectivity index (χ2n) is 10.2. The highest BCUT2D eigenvalue weighted by molar-refractivity contribution is 7.92. The summed E-state index contributed by atoms with van der Waals surface area (Å²) in [5.41, 5.74) is 4.06. The van der Waals surface area contributed by atoms with Crippen molar-refractivity contribution in [2.24, 2.45) is 0 Å². The maximum Gasteiger partial charge on any atom is 0.264 e. The van der Waals surface area contributed by atoms with Crippen LogP contribution in [0.4, 0.5) is 5.69 Å². The standard InChI is InChI=1S/C31H39N3O4S/c1-7-29(31(36)32-22(2)3)33(20-26-13-9-8-12-25(26)6)30(35)21-34(27-14-10-11-24(5)19-27)39(37,38)28-17-15-23(4)16-18-28/h8-19,22,29H,7,20-21H2,1-6H3,(H,32,36). The van der Waals surface area contributed by atoms with Gasteiger partial charge in [-0.15, -0.1) is 0 Å². The molecular weight excluding hydrogens is 510 g/mol. The molecule has 1 atom stereocenters. The molecule has 3 aromatic carbocycles. The van der Waals surface area contributed by atoms with Crippen molar-refractivity contribution >= 4 is 27.5 Å². The van der Waals surface area contributed by atoms with E-state index in [-0.39, 0.29) is 23.4 Å². The summed E-state index contributed by atoms with van der Waals surface area (Å²) in [4.78, 5) is 28.9. The number of aryl methyl sites for hydroxylation is 3. The third kappa shape index (κ3) is 7.47. The van der Waals surface area contributed by atoms with Crippen molar-refractivity contribution < 1.29 is 18.0 Å². The largest absolute Gasteiger partial charge is 0.352 e. The number of anilines is 1. The molecule has 0 bridgehead atoms. The van der Waals surface area contributed by atoms with Crippen LogP contribution in [-0.4, -0.2) is 43.8 Å². The Morgan fingerprint density at radius 1 is 0.872 bits per heavy atom. The highest BCUT2D eigenvalue weighted by Gasteiger charge is 2.34. The van der Waals surface area contributed by atoms with Crippen molar-refractivity contribution in [3.8, 4) is 0 Å². The van der Waals surface area contributed by atoms with Crippen LogP contribution in [0.15, 0.2) is 77.7 Å². The molecule has 7 nitrogen and oxygen atoms in total. The molecule has 208 valence electrons. The molecule has 0 aliphatic heterocycles. The number of nitrogens with one attached hydrogen (secondary N) is 1. The molecule has 0 spiro atoms. The van der Waals surface area contributed by atoms with Crippen molar-refractivity contribution in [3.63, 3.8) is 0 Å². The minimum absolute atomic E-state index is 0.0949. The molecule has 0 fully saturated rings. The topological polar surface area (TPSA) is 86.8 Å². The summed E-state index contributed by atoms with van der Waals surface area (Å²) in [7, 11) is -4.08. The summed E-state index contributed by atoms with van der Waals surface area (Å²) in [6.45, 7) is 11.0. The van der Waals surface area contributed by atoms with Crippen LogP contribution >= 0.6 is 0 Å². The summed E-state index contributed by atoms with van der Waals surface area (Å²) in [5, 5.41) is 2.92. The highest BCUT2D eigenvalue weighted by Crippen LogP contribution is 2.26. The smallest absolute Gasteiger partial charge is 0.264 e. The molecule has 0 aliphatic rings. The van der Waals surface area contributed by atoms with Gasteiger partial charge in [-0.05, 0) is 82.0 Å². The van der Waals surface area contributed by atoms with E-state index in [2.05, 4.69) is 5.32 Å². The zero-order valence-electron chi connectivity index (χ0n) is 23.6. The van der Waals surface area contributed by atoms with Gasteiger partial charge >= 0.3 is 0 Å². The predicted molar refractivity (Wildman–Crippen MR) is 156 cm³/mol. The fourth-order valence-corrected chi connectivity index (χ4v) is 5.83. The summed E-state index contributed by atoms with van der Waals surface area (Å²) in [5.74, 6) is -0.723. The summed E-state index contributed by atoms with van der Waals surface area (Å²) < 4.78 is 29.0. The SMILES string of the molecule is CCC(C(=O)NC(C)C)N(Cc1ccccc1C)C(=O)CN(c1cccc(C)c1)S(=O)(=O)c1ccc(C)cc1. The minimum atomic E-state index is -4.08. The number of rotatable bonds is 11. The third-order valence-electron chi connectivity index (χ3n) is 6.60. The number of hydrogen-bond acceptors (Lipinski definition) is 4. The number of carbonyl (C=O) groups is 2. The Kier molecular flexibility index (Phi) is 9.92. The van der Waals surface area contributed by atoms with E-state index in [1.165, 1.54) is 4.90 Å². The van der Waals surface area contributed by atoms with Gasteiger partial charge in [-0.1, -0.05) is 61.0 Å². The first kappa shape index (κ1) is 29.9. The van der Waals surface area contributed by atoms with E-state index in [0.717, 1.165) is 26.6 Å². The maximum absolute atomic E-state index is 14.1. The lowest BCUT2D eigenvalue weighted by molar-refractivity contribution is -0.140. The fraction of sp³-hybridized carbons (Fsp3) is 0.355. The molecule has 8 heteroatoms. The van der Waals surface area contributed by atoms with Crippen molar-refractivity contribution in [2.75, 3.05) is 10.8 Å². The first-order valence-electron chi connectivity index (χ1n) is 13.2. The molecule has 39 heavy (non-hydrogen) atoms. The molecule has 3 aromatic rings. The van der Waals surface area contributed by atoms with Gasteiger partial charge in [-0.25, -0.2) is 8.42 Å². The first-order valence-corrected chi connectivity index (χ1v) is 14.7. The van der Waals surface area contributed by atoms with E-state index in [1.807, 2.05) is 71.9 Å². The quantitative estimate of drug-likeness (QED) is 0.359. The van der Waals surface area contributed by atoms with Crippen LogP contribution in [0, 0.1) is 20.8 Å². The van der Waals surface area contributed by atoms with Crippen LogP contribution in [0.25, 0.3) is 0 Å². The Morgan fingerprint density at radius 2 is 1.54 bits per heavy atom. The van der Waals surface area contributed by atoms with Crippen LogP contribution < -0.4 is 9.62 Å². The van der Waals surface area contributed by atoms with E-state index in [0.29, 0.717) is 12.1 Å². The van der Waals surface area contributed by atoms with E-state index in [1.54, 1.807) is 42.5 Å². The number of hydrogen-bond donors (Lipinski definition) is 1. The molecule has 1 unspecified atom stereocenters. The Bertz CT molecular complexity index is 1400. The van der Waals surface area contributed by atoms with E-state index in [4.69, 9.17) is 0 Å². The van der Waals surface area contributed by atoms with E-state index in [9.17, 15) is 18.0 Å². The molecule has 3 rings (SSSR count). The lowest BCUT2D eigenvalue weighted by Crippen LogP contribution is -2.53. The Morgan fingerprint density at radius 3 is 2.13 bits per heavy atom. The van der Waals surface area contributed by atoms with Gasteiger partial charge in [-0.2, -0.15) is 0 Å². The molecule has 2 amide bonds. The zero-order chi connectivity index (χ0) is 28.7. The van der Waals surface area contributed by atoms with Crippen LogP contribution in [0.5, 0.6) is 0 Å². The predicted octanol–water partition coefficient (Wildman–Crippen LogP) is 5.14. The molecular formula is C31H39N3O4S. The van der Waals surface area contributed by atoms with Gasteiger partial charge < -0.3 is 10.2 Å². The normalized spacial score (nSPS) is 12.2. The van der Waals surface area contributed by atoms with Crippen LogP contribution in [0.1, 0.15) is 49.4 Å². The molecule has 1 N–H and O–H groups in total. The third-order valence-corrected chi connectivity index (χ3v) is 8.38. The number of sulfonamides is 1. The Labute approximate surface area is 232 Å². The lowest BCUT2D eigenvalue weighted by atomic mass is 10.1. The Hall–Kier alpha value is -3.65. The van der Waals surface area contributed by atoms with Gasteiger partial charge in [0.2, 0.25) is 11.8 Å². The molecule has 0 saturated carbocycles. The van der Waals surface area contributed by atoms with Gasteiger partial charge in [0.1, 0.15) is 12.6 Å². The molecule has 0 saturated heterocycles. The number of benzene rings is 3. The van der Waals surface area contributed by atoms with E-state index < -0.39 is 28.5 Å². The first-order chi connectivity index (χ1) is 18.4. The van der Waals surface area contributed by atoms with Crippen LogP contribution in [0.2, 0.25) is 0 Å². The maximum atomic E-state index is 14.1. The van der Waals surface area contributed by atoms with Gasteiger partial charge in [-0.3, -0.25) is 13.9 Å². The van der Waals surface area contributed by atoms with Gasteiger partial charge in [0, 0.05) is 12.6 Å². The van der Waals surface area contributed by atoms with Crippen molar-refractivity contribution in [1.29, 1.82) is 0 Å². The number of nitrogens with zero attached hydrogens (tertiary/aromatic N) is 2. The van der Waals surface area contributed by atoms with E-state index >= 15 is 0 Å². The van der Waals surface area contributed by atoms with Gasteiger partial charge in [0.15, 0.2) is 0 Å².